The summed E-state index contributed by atoms with van der Waals surface area (Å²) in [5.74, 6) is 4.52. The number of nitrogen functional groups attached to an aromatic ring is 1. The molecule has 0 radical (unpaired) electrons. The average Bonchev–Trinajstić information content (AvgIpc) is 2.29. The van der Waals surface area contributed by atoms with E-state index in [4.69, 9.17) is 11.6 Å². The number of carbonyl (C=O) groups is 1. The number of carbonyl (C=O) groups excluding carboxylic acids is 1. The third-order valence-corrected chi connectivity index (χ3v) is 3.35. The predicted molar refractivity (Wildman–Crippen MR) is 63.5 cm³/mol. The van der Waals surface area contributed by atoms with Gasteiger partial charge in [-0.1, -0.05) is 0 Å². The molecule has 0 aliphatic carbocycles. The molecule has 0 spiro atoms. The third kappa shape index (κ3) is 3.54. The quantitative estimate of drug-likeness (QED) is 0.259. The fourth-order valence-corrected chi connectivity index (χ4v) is 2.09. The number of hydrogen-bond acceptors (Lipinski definition) is 4. The minimum atomic E-state index is -4.43. The molecule has 18 heavy (non-hydrogen) atoms. The van der Waals surface area contributed by atoms with E-state index in [0.29, 0.717) is 4.90 Å². The lowest BCUT2D eigenvalue weighted by atomic mass is 10.2. The molecule has 0 saturated carbocycles. The summed E-state index contributed by atoms with van der Waals surface area (Å²) in [5, 5.41) is -0.547. The molecule has 4 nitrogen and oxygen atoms in total. The summed E-state index contributed by atoms with van der Waals surface area (Å²) in [7, 11) is 0. The molecule has 0 fully saturated rings. The average molecular weight is 279 g/mol. The smallest absolute Gasteiger partial charge is 0.398 e. The Bertz CT molecular complexity index is 450. The van der Waals surface area contributed by atoms with Gasteiger partial charge in [0.1, 0.15) is 0 Å². The molecule has 1 atom stereocenters. The largest absolute Gasteiger partial charge is 0.416 e. The highest BCUT2D eigenvalue weighted by molar-refractivity contribution is 8.00. The van der Waals surface area contributed by atoms with Crippen LogP contribution >= 0.6 is 11.8 Å². The van der Waals surface area contributed by atoms with Crippen molar-refractivity contribution in [3.05, 3.63) is 23.8 Å². The van der Waals surface area contributed by atoms with E-state index in [2.05, 4.69) is 0 Å². The highest BCUT2D eigenvalue weighted by Crippen LogP contribution is 2.35. The Morgan fingerprint density at radius 1 is 1.44 bits per heavy atom. The normalized spacial score (nSPS) is 13.2. The number of rotatable bonds is 3. The van der Waals surface area contributed by atoms with Gasteiger partial charge in [0.05, 0.1) is 10.8 Å². The van der Waals surface area contributed by atoms with Crippen LogP contribution in [0.4, 0.5) is 18.9 Å². The van der Waals surface area contributed by atoms with Gasteiger partial charge in [0.2, 0.25) is 5.91 Å². The summed E-state index contributed by atoms with van der Waals surface area (Å²) in [6.07, 6.45) is -4.43. The van der Waals surface area contributed by atoms with E-state index in [9.17, 15) is 18.0 Å². The second kappa shape index (κ2) is 5.49. The van der Waals surface area contributed by atoms with E-state index >= 15 is 0 Å². The van der Waals surface area contributed by atoms with Crippen LogP contribution in [0.25, 0.3) is 0 Å². The number of anilines is 1. The van der Waals surface area contributed by atoms with Crippen molar-refractivity contribution in [3.63, 3.8) is 0 Å². The molecule has 0 aromatic heterocycles. The molecule has 8 heteroatoms. The van der Waals surface area contributed by atoms with Crippen LogP contribution in [-0.4, -0.2) is 11.2 Å². The number of halogens is 3. The second-order valence-corrected chi connectivity index (χ2v) is 4.90. The Labute approximate surface area is 106 Å². The Kier molecular flexibility index (Phi) is 4.47. The van der Waals surface area contributed by atoms with Gasteiger partial charge in [-0.25, -0.2) is 5.84 Å². The molecule has 0 saturated heterocycles. The van der Waals surface area contributed by atoms with Gasteiger partial charge in [0, 0.05) is 10.6 Å². The molecule has 5 N–H and O–H groups in total. The molecule has 100 valence electrons. The molecule has 0 bridgehead atoms. The lowest BCUT2D eigenvalue weighted by molar-refractivity contribution is -0.137. The molecule has 1 aromatic carbocycles. The molecule has 0 aliphatic rings. The highest BCUT2D eigenvalue weighted by Gasteiger charge is 2.31. The van der Waals surface area contributed by atoms with Crippen molar-refractivity contribution < 1.29 is 18.0 Å². The number of alkyl halides is 3. The van der Waals surface area contributed by atoms with Crippen LogP contribution in [-0.2, 0) is 11.0 Å². The van der Waals surface area contributed by atoms with Gasteiger partial charge >= 0.3 is 6.18 Å². The SMILES string of the molecule is CC(Sc1ccc(C(F)(F)F)cc1N)C(=O)NN. The third-order valence-electron chi connectivity index (χ3n) is 2.15. The van der Waals surface area contributed by atoms with Crippen molar-refractivity contribution in [2.75, 3.05) is 5.73 Å². The van der Waals surface area contributed by atoms with Gasteiger partial charge in [-0.15, -0.1) is 11.8 Å². The van der Waals surface area contributed by atoms with E-state index in [1.165, 1.54) is 6.07 Å². The van der Waals surface area contributed by atoms with E-state index < -0.39 is 22.9 Å². The second-order valence-electron chi connectivity index (χ2n) is 3.52. The maximum atomic E-state index is 12.4. The number of hydrogen-bond donors (Lipinski definition) is 3. The number of nitrogens with one attached hydrogen (secondary N) is 1. The topological polar surface area (TPSA) is 81.1 Å². The Morgan fingerprint density at radius 3 is 2.50 bits per heavy atom. The number of thioether (sulfide) groups is 1. The van der Waals surface area contributed by atoms with E-state index in [1.807, 2.05) is 5.43 Å². The number of hydrazine groups is 1. The summed E-state index contributed by atoms with van der Waals surface area (Å²) >= 11 is 1.04. The maximum Gasteiger partial charge on any atom is 0.416 e. The van der Waals surface area contributed by atoms with Gasteiger partial charge in [0.25, 0.3) is 0 Å². The first-order chi connectivity index (χ1) is 8.25. The number of amides is 1. The summed E-state index contributed by atoms with van der Waals surface area (Å²) in [4.78, 5) is 11.6. The van der Waals surface area contributed by atoms with Crippen molar-refractivity contribution in [3.8, 4) is 0 Å². The van der Waals surface area contributed by atoms with Crippen LogP contribution < -0.4 is 17.0 Å². The lowest BCUT2D eigenvalue weighted by Gasteiger charge is -2.13. The minimum Gasteiger partial charge on any atom is -0.398 e. The van der Waals surface area contributed by atoms with Crippen molar-refractivity contribution in [1.82, 2.24) is 5.43 Å². The zero-order chi connectivity index (χ0) is 13.9. The summed E-state index contributed by atoms with van der Waals surface area (Å²) in [5.41, 5.74) is 6.64. The van der Waals surface area contributed by atoms with E-state index in [1.54, 1.807) is 6.92 Å². The summed E-state index contributed by atoms with van der Waals surface area (Å²) < 4.78 is 37.2. The molecule has 1 rings (SSSR count). The van der Waals surface area contributed by atoms with Crippen LogP contribution in [0.1, 0.15) is 12.5 Å². The van der Waals surface area contributed by atoms with Crippen molar-refractivity contribution >= 4 is 23.4 Å². The van der Waals surface area contributed by atoms with Gasteiger partial charge < -0.3 is 5.73 Å². The fraction of sp³-hybridized carbons (Fsp3) is 0.300. The van der Waals surface area contributed by atoms with Crippen LogP contribution in [0.5, 0.6) is 0 Å². The van der Waals surface area contributed by atoms with Crippen molar-refractivity contribution in [1.29, 1.82) is 0 Å². The Hall–Kier alpha value is -1.41. The van der Waals surface area contributed by atoms with Gasteiger partial charge in [0.15, 0.2) is 0 Å². The zero-order valence-electron chi connectivity index (χ0n) is 9.41. The van der Waals surface area contributed by atoms with E-state index in [-0.39, 0.29) is 5.69 Å². The van der Waals surface area contributed by atoms with Gasteiger partial charge in [-0.3, -0.25) is 10.2 Å². The molecule has 1 unspecified atom stereocenters. The molecular formula is C10H12F3N3OS. The first-order valence-corrected chi connectivity index (χ1v) is 5.77. The monoisotopic (exact) mass is 279 g/mol. The van der Waals surface area contributed by atoms with Crippen LogP contribution in [0.2, 0.25) is 0 Å². The lowest BCUT2D eigenvalue weighted by Crippen LogP contribution is -2.36. The molecule has 0 aliphatic heterocycles. The highest BCUT2D eigenvalue weighted by atomic mass is 32.2. The molecule has 1 amide bonds. The first-order valence-electron chi connectivity index (χ1n) is 4.89. The van der Waals surface area contributed by atoms with Crippen LogP contribution in [0.15, 0.2) is 23.1 Å². The Balaban J connectivity index is 2.90. The van der Waals surface area contributed by atoms with Crippen molar-refractivity contribution in [2.45, 2.75) is 23.2 Å². The maximum absolute atomic E-state index is 12.4. The first kappa shape index (κ1) is 14.7. The van der Waals surface area contributed by atoms with Crippen LogP contribution in [0.3, 0.4) is 0 Å². The molecule has 0 heterocycles. The summed E-state index contributed by atoms with van der Waals surface area (Å²) in [6, 6.07) is 3.00. The van der Waals surface area contributed by atoms with Gasteiger partial charge in [-0.2, -0.15) is 13.2 Å². The van der Waals surface area contributed by atoms with Crippen molar-refractivity contribution in [2.24, 2.45) is 5.84 Å². The zero-order valence-corrected chi connectivity index (χ0v) is 10.2. The van der Waals surface area contributed by atoms with Crippen LogP contribution in [0, 0.1) is 0 Å². The summed E-state index contributed by atoms with van der Waals surface area (Å²) in [6.45, 7) is 1.57. The van der Waals surface area contributed by atoms with E-state index in [0.717, 1.165) is 23.9 Å². The Morgan fingerprint density at radius 2 is 2.06 bits per heavy atom. The minimum absolute atomic E-state index is 0.0218. The molecular weight excluding hydrogens is 267 g/mol. The number of nitrogens with two attached hydrogens (primary N) is 2. The van der Waals surface area contributed by atoms with Gasteiger partial charge in [-0.05, 0) is 25.1 Å². The predicted octanol–water partition coefficient (Wildman–Crippen LogP) is 1.76. The standard InChI is InChI=1S/C10H12F3N3OS/c1-5(9(17)16-15)18-8-3-2-6(4-7(8)14)10(11,12)13/h2-5H,14-15H2,1H3,(H,16,17). The fourth-order valence-electron chi connectivity index (χ4n) is 1.19. The molecule has 1 aromatic rings. The number of benzene rings is 1.